The first-order chi connectivity index (χ1) is 13.3. The molecule has 2 aromatic heterocycles. The number of rotatable bonds is 4. The first-order valence-electron chi connectivity index (χ1n) is 8.96. The van der Waals surface area contributed by atoms with Crippen LogP contribution in [0.25, 0.3) is 22.4 Å². The van der Waals surface area contributed by atoms with Crippen LogP contribution >= 0.6 is 0 Å². The lowest BCUT2D eigenvalue weighted by atomic mass is 10.1. The van der Waals surface area contributed by atoms with E-state index in [1.165, 1.54) is 0 Å². The number of fused-ring (bicyclic) bond motifs is 1. The molecule has 0 amide bonds. The summed E-state index contributed by atoms with van der Waals surface area (Å²) in [6, 6.07) is 15.9. The monoisotopic (exact) mass is 363 g/mol. The molecule has 7 heteroatoms. The summed E-state index contributed by atoms with van der Waals surface area (Å²) < 4.78 is 20.8. The fraction of sp³-hybridized carbons (Fsp3) is 0.250. The van der Waals surface area contributed by atoms with Gasteiger partial charge in [0, 0.05) is 25.1 Å². The lowest BCUT2D eigenvalue weighted by Crippen LogP contribution is -2.14. The van der Waals surface area contributed by atoms with Gasteiger partial charge in [-0.15, -0.1) is 0 Å². The van der Waals surface area contributed by atoms with Gasteiger partial charge in [0.2, 0.25) is 11.7 Å². The molecule has 1 saturated heterocycles. The van der Waals surface area contributed by atoms with Gasteiger partial charge in [0.15, 0.2) is 0 Å². The maximum absolute atomic E-state index is 13.3. The smallest absolute Gasteiger partial charge is 0.244 e. The first-order valence-corrected chi connectivity index (χ1v) is 8.96. The van der Waals surface area contributed by atoms with E-state index in [9.17, 15) is 4.39 Å². The van der Waals surface area contributed by atoms with Crippen molar-refractivity contribution in [3.05, 3.63) is 66.3 Å². The van der Waals surface area contributed by atoms with Gasteiger partial charge in [-0.3, -0.25) is 0 Å². The molecule has 0 saturated carbocycles. The van der Waals surface area contributed by atoms with E-state index in [-0.39, 0.29) is 6.04 Å². The lowest BCUT2D eigenvalue weighted by molar-refractivity contribution is 0.324. The van der Waals surface area contributed by atoms with Crippen molar-refractivity contribution in [1.29, 1.82) is 0 Å². The van der Waals surface area contributed by atoms with Crippen molar-refractivity contribution in [2.45, 2.75) is 25.2 Å². The maximum Gasteiger partial charge on any atom is 0.244 e. The van der Waals surface area contributed by atoms with Crippen LogP contribution in [0, 0.1) is 0 Å². The summed E-state index contributed by atoms with van der Waals surface area (Å²) in [6.07, 6.45) is 1.37. The van der Waals surface area contributed by atoms with E-state index < -0.39 is 6.17 Å². The molecule has 136 valence electrons. The largest absolute Gasteiger partial charge is 0.337 e. The lowest BCUT2D eigenvalue weighted by Gasteiger charge is -2.05. The molecule has 0 bridgehead atoms. The zero-order valence-electron chi connectivity index (χ0n) is 14.5. The van der Waals surface area contributed by atoms with Gasteiger partial charge < -0.3 is 14.4 Å². The van der Waals surface area contributed by atoms with Gasteiger partial charge in [-0.25, -0.2) is 9.37 Å². The molecule has 0 spiro atoms. The number of alkyl halides is 1. The summed E-state index contributed by atoms with van der Waals surface area (Å²) in [7, 11) is 0. The number of benzene rings is 2. The average Bonchev–Trinajstić information content (AvgIpc) is 3.43. The fourth-order valence-corrected chi connectivity index (χ4v) is 3.47. The summed E-state index contributed by atoms with van der Waals surface area (Å²) in [5, 5.41) is 7.09. The zero-order valence-corrected chi connectivity index (χ0v) is 14.5. The quantitative estimate of drug-likeness (QED) is 0.601. The van der Waals surface area contributed by atoms with Gasteiger partial charge in [-0.1, -0.05) is 41.6 Å². The number of para-hydroxylation sites is 2. The predicted molar refractivity (Wildman–Crippen MR) is 98.8 cm³/mol. The highest BCUT2D eigenvalue weighted by Gasteiger charge is 2.29. The van der Waals surface area contributed by atoms with Crippen molar-refractivity contribution >= 4 is 11.0 Å². The van der Waals surface area contributed by atoms with Crippen LogP contribution in [0.4, 0.5) is 4.39 Å². The van der Waals surface area contributed by atoms with E-state index >= 15 is 0 Å². The summed E-state index contributed by atoms with van der Waals surface area (Å²) >= 11 is 0. The Morgan fingerprint density at radius 3 is 2.81 bits per heavy atom. The van der Waals surface area contributed by atoms with E-state index in [0.717, 1.165) is 28.7 Å². The van der Waals surface area contributed by atoms with Gasteiger partial charge in [0.05, 0.1) is 23.4 Å². The minimum absolute atomic E-state index is 0.199. The second kappa shape index (κ2) is 6.59. The second-order valence-electron chi connectivity index (χ2n) is 6.81. The minimum atomic E-state index is -0.858. The number of nitrogens with zero attached hydrogens (tertiary/aromatic N) is 4. The number of imidazole rings is 1. The molecule has 0 aliphatic carbocycles. The van der Waals surface area contributed by atoms with Crippen molar-refractivity contribution < 1.29 is 8.91 Å². The summed E-state index contributed by atoms with van der Waals surface area (Å²) in [5.41, 5.74) is 4.13. The van der Waals surface area contributed by atoms with Crippen molar-refractivity contribution in [1.82, 2.24) is 25.0 Å². The SMILES string of the molecule is F[C@@H]1CN[C@@H](c2nc(-c3ccc(Cn4cnc5ccccc54)cc3)no2)C1. The number of hydrogen-bond acceptors (Lipinski definition) is 5. The van der Waals surface area contributed by atoms with Gasteiger partial charge in [-0.2, -0.15) is 4.98 Å². The zero-order chi connectivity index (χ0) is 18.2. The van der Waals surface area contributed by atoms with Crippen LogP contribution in [0.2, 0.25) is 0 Å². The first kappa shape index (κ1) is 16.1. The maximum atomic E-state index is 13.3. The highest BCUT2D eigenvalue weighted by Crippen LogP contribution is 2.26. The van der Waals surface area contributed by atoms with E-state index in [0.29, 0.717) is 24.7 Å². The number of nitrogens with one attached hydrogen (secondary N) is 1. The number of aromatic nitrogens is 4. The Labute approximate surface area is 155 Å². The van der Waals surface area contributed by atoms with E-state index in [2.05, 4.69) is 31.1 Å². The molecular formula is C20H18FN5O. The highest BCUT2D eigenvalue weighted by atomic mass is 19.1. The van der Waals surface area contributed by atoms with Crippen LogP contribution in [0.15, 0.2) is 59.4 Å². The Kier molecular flexibility index (Phi) is 3.94. The van der Waals surface area contributed by atoms with Crippen LogP contribution in [0.1, 0.15) is 23.9 Å². The Bertz CT molecular complexity index is 1070. The normalized spacial score (nSPS) is 19.7. The second-order valence-corrected chi connectivity index (χ2v) is 6.81. The van der Waals surface area contributed by atoms with Gasteiger partial charge in [-0.05, 0) is 17.7 Å². The Morgan fingerprint density at radius 2 is 2.00 bits per heavy atom. The van der Waals surface area contributed by atoms with Gasteiger partial charge in [0.25, 0.3) is 0 Å². The molecule has 2 aromatic carbocycles. The average molecular weight is 363 g/mol. The third-order valence-corrected chi connectivity index (χ3v) is 4.91. The molecule has 2 atom stereocenters. The molecule has 5 rings (SSSR count). The molecule has 0 radical (unpaired) electrons. The number of halogens is 1. The van der Waals surface area contributed by atoms with Crippen LogP contribution in [0.3, 0.4) is 0 Å². The topological polar surface area (TPSA) is 68.8 Å². The van der Waals surface area contributed by atoms with Crippen molar-refractivity contribution in [2.75, 3.05) is 6.54 Å². The number of hydrogen-bond donors (Lipinski definition) is 1. The standard InChI is InChI=1S/C20H18FN5O/c21-15-9-17(22-10-15)20-24-19(25-27-20)14-7-5-13(6-8-14)11-26-12-23-16-3-1-2-4-18(16)26/h1-8,12,15,17,22H,9-11H2/t15-,17+/m0/s1. The van der Waals surface area contributed by atoms with Crippen molar-refractivity contribution in [3.8, 4) is 11.4 Å². The van der Waals surface area contributed by atoms with Gasteiger partial charge in [0.1, 0.15) is 6.17 Å². The summed E-state index contributed by atoms with van der Waals surface area (Å²) in [4.78, 5) is 8.84. The summed E-state index contributed by atoms with van der Waals surface area (Å²) in [6.45, 7) is 1.07. The molecule has 27 heavy (non-hydrogen) atoms. The van der Waals surface area contributed by atoms with E-state index in [1.807, 2.05) is 48.8 Å². The molecule has 1 fully saturated rings. The van der Waals surface area contributed by atoms with Crippen molar-refractivity contribution in [2.24, 2.45) is 0 Å². The van der Waals surface area contributed by atoms with Crippen molar-refractivity contribution in [3.63, 3.8) is 0 Å². The molecule has 1 aliphatic heterocycles. The summed E-state index contributed by atoms with van der Waals surface area (Å²) in [5.74, 6) is 0.966. The molecule has 4 aromatic rings. The Morgan fingerprint density at radius 1 is 1.15 bits per heavy atom. The molecule has 1 aliphatic rings. The third kappa shape index (κ3) is 3.10. The van der Waals surface area contributed by atoms with E-state index in [1.54, 1.807) is 0 Å². The van der Waals surface area contributed by atoms with Crippen LogP contribution in [-0.2, 0) is 6.54 Å². The van der Waals surface area contributed by atoms with Gasteiger partial charge >= 0.3 is 0 Å². The molecule has 1 N–H and O–H groups in total. The van der Waals surface area contributed by atoms with Crippen LogP contribution in [0.5, 0.6) is 0 Å². The highest BCUT2D eigenvalue weighted by molar-refractivity contribution is 5.75. The molecule has 6 nitrogen and oxygen atoms in total. The molecular weight excluding hydrogens is 345 g/mol. The van der Waals surface area contributed by atoms with E-state index in [4.69, 9.17) is 4.52 Å². The minimum Gasteiger partial charge on any atom is -0.337 e. The molecule has 3 heterocycles. The fourth-order valence-electron chi connectivity index (χ4n) is 3.47. The third-order valence-electron chi connectivity index (χ3n) is 4.91. The predicted octanol–water partition coefficient (Wildman–Crippen LogP) is 3.51. The van der Waals surface area contributed by atoms with Crippen LogP contribution < -0.4 is 5.32 Å². The van der Waals surface area contributed by atoms with Crippen LogP contribution in [-0.4, -0.2) is 32.4 Å². The Hall–Kier alpha value is -3.06. The Balaban J connectivity index is 1.34. The molecule has 0 unspecified atom stereocenters.